The molecule has 8 atom stereocenters. The van der Waals surface area contributed by atoms with Crippen LogP contribution in [0.5, 0.6) is 11.5 Å². The van der Waals surface area contributed by atoms with Gasteiger partial charge >= 0.3 is 6.15 Å². The number of ketones is 4. The third-order valence-electron chi connectivity index (χ3n) is 14.5. The molecule has 22 nitrogen and oxygen atoms in total. The number of carbonyl (C=O) groups excluding carboxylic acids is 8. The van der Waals surface area contributed by atoms with Crippen LogP contribution in [-0.2, 0) is 51.2 Å². The monoisotopic (exact) mass is 1100 g/mol. The molecule has 8 rings (SSSR count). The minimum atomic E-state index is -2.63. The number of nitrogens with zero attached hydrogens (tertiary/aromatic N) is 4. The first-order valence-electron chi connectivity index (χ1n) is 21.9. The number of amides is 2. The van der Waals surface area contributed by atoms with Crippen molar-refractivity contribution in [2.75, 3.05) is 66.2 Å². The number of phenolic OH excluding ortho intramolecular Hbond substituents is 2. The smallest absolute Gasteiger partial charge is 0.373 e. The lowest BCUT2D eigenvalue weighted by atomic mass is 9.57. The average Bonchev–Trinajstić information content (AvgIpc) is 3.25. The number of benzene rings is 2. The van der Waals surface area contributed by atoms with Crippen molar-refractivity contribution in [2.24, 2.45) is 35.1 Å². The number of primary amides is 2. The van der Waals surface area contributed by atoms with Gasteiger partial charge in [-0.1, -0.05) is 0 Å². The zero-order valence-corrected chi connectivity index (χ0v) is 42.3. The van der Waals surface area contributed by atoms with Gasteiger partial charge in [-0.25, -0.2) is 0 Å². The third-order valence-corrected chi connectivity index (χ3v) is 15.3. The van der Waals surface area contributed by atoms with E-state index in [1.807, 2.05) is 60.6 Å². The summed E-state index contributed by atoms with van der Waals surface area (Å²) in [6, 6.07) is 1.36. The Labute approximate surface area is 419 Å². The van der Waals surface area contributed by atoms with Gasteiger partial charge in [-0.3, -0.25) is 38.6 Å². The van der Waals surface area contributed by atoms with Gasteiger partial charge in [0, 0.05) is 62.5 Å². The fourth-order valence-corrected chi connectivity index (χ4v) is 12.0. The first-order valence-corrected chi connectivity index (χ1v) is 23.0. The first kappa shape index (κ1) is 53.7. The van der Waals surface area contributed by atoms with Crippen molar-refractivity contribution < 1.29 is 79.2 Å². The Bertz CT molecular complexity index is 2720. The molecule has 2 fully saturated rings. The number of nitrogens with two attached hydrogens (primary N) is 2. The molecule has 23 heteroatoms. The van der Waals surface area contributed by atoms with Crippen molar-refractivity contribution >= 4 is 86.6 Å². The maximum atomic E-state index is 13.8. The highest BCUT2D eigenvalue weighted by atomic mass is 127. The molecule has 380 valence electrons. The molecule has 6 aliphatic carbocycles. The van der Waals surface area contributed by atoms with E-state index < -0.39 is 116 Å². The number of rotatable bonds is 6. The summed E-state index contributed by atoms with van der Waals surface area (Å²) in [4.78, 5) is 101. The van der Waals surface area contributed by atoms with E-state index in [0.29, 0.717) is 20.3 Å². The summed E-state index contributed by atoms with van der Waals surface area (Å²) in [5.41, 5.74) is 6.87. The lowest BCUT2D eigenvalue weighted by Crippen LogP contribution is -2.65. The Morgan fingerprint density at radius 3 is 1.30 bits per heavy atom. The second kappa shape index (κ2) is 18.8. The normalized spacial score (nSPS) is 27.5. The minimum absolute atomic E-state index is 0.0609. The predicted octanol–water partition coefficient (Wildman–Crippen LogP) is 0.390. The maximum Gasteiger partial charge on any atom is 0.373 e. The van der Waals surface area contributed by atoms with Gasteiger partial charge in [-0.2, -0.15) is 9.59 Å². The molecule has 6 aliphatic rings. The largest absolute Gasteiger partial charge is 0.508 e. The van der Waals surface area contributed by atoms with Gasteiger partial charge in [-0.15, -0.1) is 0 Å². The second-order valence-electron chi connectivity index (χ2n) is 19.3. The van der Waals surface area contributed by atoms with Crippen LogP contribution in [0, 0.1) is 34.2 Å². The van der Waals surface area contributed by atoms with Crippen LogP contribution < -0.4 is 21.3 Å². The first-order chi connectivity index (χ1) is 32.9. The van der Waals surface area contributed by atoms with Gasteiger partial charge in [0.25, 0.3) is 11.8 Å². The molecule has 0 heterocycles. The number of phenols is 2. The van der Waals surface area contributed by atoms with Gasteiger partial charge in [0.05, 0.1) is 26.8 Å². The van der Waals surface area contributed by atoms with Crippen LogP contribution in [-0.4, -0.2) is 171 Å². The summed E-state index contributed by atoms with van der Waals surface area (Å²) in [6.45, 7) is 1.67. The van der Waals surface area contributed by atoms with E-state index in [1.165, 1.54) is 9.80 Å². The molecule has 2 aromatic carbocycles. The topological polar surface area (TPSA) is 363 Å². The van der Waals surface area contributed by atoms with Crippen LogP contribution in [0.4, 0.5) is 11.4 Å². The van der Waals surface area contributed by atoms with Crippen LogP contribution >= 0.6 is 22.6 Å². The highest BCUT2D eigenvalue weighted by Gasteiger charge is 2.66. The Kier molecular flexibility index (Phi) is 14.3. The highest BCUT2D eigenvalue weighted by Crippen LogP contribution is 2.56. The van der Waals surface area contributed by atoms with Gasteiger partial charge in [0.2, 0.25) is 11.6 Å². The summed E-state index contributed by atoms with van der Waals surface area (Å²) in [5, 5.41) is 88.8. The molecular formula is C48H55IN6O16. The fourth-order valence-electron chi connectivity index (χ4n) is 11.5. The summed E-state index contributed by atoms with van der Waals surface area (Å²) in [7, 11) is 13.6. The number of aliphatic hydroxyl groups is 6. The molecule has 0 bridgehead atoms. The molecular weight excluding hydrogens is 1040 g/mol. The van der Waals surface area contributed by atoms with E-state index >= 15 is 0 Å². The zero-order chi connectivity index (χ0) is 53.6. The molecule has 0 saturated heterocycles. The van der Waals surface area contributed by atoms with Crippen molar-refractivity contribution in [3.05, 3.63) is 77.3 Å². The molecule has 0 aliphatic heterocycles. The number of carbonyl (C=O) groups is 6. The maximum absolute atomic E-state index is 13.8. The van der Waals surface area contributed by atoms with Gasteiger partial charge < -0.3 is 62.1 Å². The van der Waals surface area contributed by atoms with Crippen LogP contribution in [0.1, 0.15) is 40.7 Å². The van der Waals surface area contributed by atoms with Crippen LogP contribution in [0.3, 0.4) is 0 Å². The standard InChI is InChI=1S/C24H29N3O7.C23H26IN3O7.CO2/c1-9-6-13(26(2)3)11-7-10-8-12-17(27(4)5)20(30)16(23(25)33)22(32)24(12,34)21(31)14(10)19(29)15(11)18(9)28;1-26(2)12-7-11(24)17(28)14-9(12)5-8-6-10-16(27(3)4)19(30)15(22(25)33)21(32)23(10,34)20(31)13(8)18(14)29;2-1-3/h6,10,12,17,28-29,32,34H,7-8H2,1-5H3,(H2,25,33);7-8,10,16,28-29,32,34H,5-6H2,1-4H3,(H2,25,33);/t10-,12-,17-,24-;8-,10-,16-,23-;/m00./s1. The van der Waals surface area contributed by atoms with Crippen molar-refractivity contribution in [3.63, 3.8) is 0 Å². The van der Waals surface area contributed by atoms with Crippen LogP contribution in [0.25, 0.3) is 11.5 Å². The van der Waals surface area contributed by atoms with Crippen LogP contribution in [0.15, 0.2) is 45.9 Å². The fraction of sp³-hybridized carbons (Fsp3) is 0.438. The number of aliphatic hydroxyl groups excluding tert-OH is 4. The number of likely N-dealkylation sites (N-methyl/N-ethyl adjacent to an activating group) is 2. The summed E-state index contributed by atoms with van der Waals surface area (Å²) < 4.78 is 0.459. The Morgan fingerprint density at radius 2 is 0.972 bits per heavy atom. The molecule has 0 unspecified atom stereocenters. The number of anilines is 2. The number of halogens is 1. The predicted molar refractivity (Wildman–Crippen MR) is 260 cm³/mol. The van der Waals surface area contributed by atoms with Crippen molar-refractivity contribution in [2.45, 2.75) is 55.9 Å². The van der Waals surface area contributed by atoms with Gasteiger partial charge in [0.15, 0.2) is 22.8 Å². The van der Waals surface area contributed by atoms with Crippen molar-refractivity contribution in [1.82, 2.24) is 9.80 Å². The lowest BCUT2D eigenvalue weighted by molar-refractivity contribution is -0.192. The third kappa shape index (κ3) is 7.94. The van der Waals surface area contributed by atoms with E-state index in [-0.39, 0.29) is 65.6 Å². The Morgan fingerprint density at radius 1 is 0.634 bits per heavy atom. The lowest BCUT2D eigenvalue weighted by Gasteiger charge is -2.50. The summed E-state index contributed by atoms with van der Waals surface area (Å²) in [6.07, 6.45) is 0.890. The number of aryl methyl sites for hydroxylation is 1. The van der Waals surface area contributed by atoms with Gasteiger partial charge in [-0.05, 0) is 124 Å². The Balaban J connectivity index is 0.000000220. The molecule has 0 spiro atoms. The number of hydrogen-bond donors (Lipinski definition) is 10. The second-order valence-corrected chi connectivity index (χ2v) is 20.5. The molecule has 0 aromatic heterocycles. The summed E-state index contributed by atoms with van der Waals surface area (Å²) >= 11 is 1.92. The SMILES string of the molecule is CN(C)c1cc(I)c(O)c2c1C[C@H]1C[C@H]3[C@H](N(C)C)C(=O)C(C(N)=O)=C(O)[C@@]3(O)C(=O)C1=C2O.Cc1cc(N(C)C)c2c(c1O)C(O)=C1C(=O)[C@]3(O)C(O)=C(C(N)=O)C(=O)[C@@H](N(C)C)[C@@H]3C[C@@H]1C2.O=C=O. The average molecular weight is 1100 g/mol. The van der Waals surface area contributed by atoms with Gasteiger partial charge in [0.1, 0.15) is 45.7 Å². The Hall–Kier alpha value is -6.63. The number of Topliss-reactive ketones (excluding diaryl/α,β-unsaturated/α-hetero) is 4. The quantitative estimate of drug-likeness (QED) is 0.138. The summed E-state index contributed by atoms with van der Waals surface area (Å²) in [5.74, 6) is -13.0. The minimum Gasteiger partial charge on any atom is -0.508 e. The molecule has 71 heavy (non-hydrogen) atoms. The molecule has 12 N–H and O–H groups in total. The number of hydrogen-bond acceptors (Lipinski definition) is 20. The van der Waals surface area contributed by atoms with E-state index in [9.17, 15) is 69.6 Å². The molecule has 2 saturated carbocycles. The van der Waals surface area contributed by atoms with Crippen molar-refractivity contribution in [3.8, 4) is 11.5 Å². The number of fused-ring (bicyclic) bond motifs is 6. The van der Waals surface area contributed by atoms with E-state index in [4.69, 9.17) is 21.1 Å². The molecule has 2 amide bonds. The van der Waals surface area contributed by atoms with Crippen molar-refractivity contribution in [1.29, 1.82) is 0 Å². The van der Waals surface area contributed by atoms with E-state index in [2.05, 4.69) is 0 Å². The van der Waals surface area contributed by atoms with E-state index in [1.54, 1.807) is 47.2 Å². The van der Waals surface area contributed by atoms with E-state index in [0.717, 1.165) is 11.4 Å². The number of aromatic hydroxyl groups is 2. The zero-order valence-electron chi connectivity index (χ0n) is 40.1. The molecule has 2 aromatic rings. The van der Waals surface area contributed by atoms with Crippen LogP contribution in [0.2, 0.25) is 0 Å². The highest BCUT2D eigenvalue weighted by molar-refractivity contribution is 14.1. The molecule has 0 radical (unpaired) electrons.